The Bertz CT molecular complexity index is 341. The molecule has 0 aromatic rings. The Morgan fingerprint density at radius 3 is 2.28 bits per heavy atom. The van der Waals surface area contributed by atoms with Crippen LogP contribution >= 0.6 is 0 Å². The predicted octanol–water partition coefficient (Wildman–Crippen LogP) is 0.801. The fraction of sp³-hybridized carbons (Fsp3) is 0.846. The molecule has 0 bridgehead atoms. The molecule has 3 amide bonds. The van der Waals surface area contributed by atoms with Gasteiger partial charge >= 0.3 is 6.03 Å². The summed E-state index contributed by atoms with van der Waals surface area (Å²) in [5.74, 6) is 0.797. The Labute approximate surface area is 107 Å². The number of hydrogen-bond donors (Lipinski definition) is 1. The van der Waals surface area contributed by atoms with Crippen molar-refractivity contribution in [3.8, 4) is 0 Å². The van der Waals surface area contributed by atoms with E-state index in [-0.39, 0.29) is 24.5 Å². The highest BCUT2D eigenvalue weighted by Gasteiger charge is 2.43. The van der Waals surface area contributed by atoms with Crippen molar-refractivity contribution in [1.82, 2.24) is 15.1 Å². The first-order valence-electron chi connectivity index (χ1n) is 6.99. The maximum absolute atomic E-state index is 11.6. The molecule has 5 nitrogen and oxygen atoms in total. The third-order valence-corrected chi connectivity index (χ3v) is 4.64. The molecule has 3 rings (SSSR count). The van der Waals surface area contributed by atoms with E-state index in [2.05, 4.69) is 17.1 Å². The van der Waals surface area contributed by atoms with Crippen LogP contribution in [0.2, 0.25) is 0 Å². The molecule has 0 aromatic heterocycles. The molecule has 3 aliphatic rings. The third kappa shape index (κ3) is 2.00. The van der Waals surface area contributed by atoms with Crippen LogP contribution in [0.1, 0.15) is 32.6 Å². The Hall–Kier alpha value is -1.10. The zero-order valence-electron chi connectivity index (χ0n) is 10.9. The average Bonchev–Trinajstić information content (AvgIpc) is 2.61. The molecule has 2 saturated heterocycles. The van der Waals surface area contributed by atoms with Crippen molar-refractivity contribution in [3.63, 3.8) is 0 Å². The van der Waals surface area contributed by atoms with E-state index in [1.54, 1.807) is 0 Å². The second kappa shape index (κ2) is 4.53. The first-order chi connectivity index (χ1) is 8.65. The standard InChI is InChI=1S/C13H21N3O2/c1-9-2-4-10(5-3-9)15-7-11(8-15)16-12(17)6-14-13(16)18/h9-11H,2-8H2,1H3,(H,14,18). The zero-order valence-corrected chi connectivity index (χ0v) is 10.9. The maximum atomic E-state index is 11.6. The van der Waals surface area contributed by atoms with E-state index < -0.39 is 0 Å². The molecule has 100 valence electrons. The van der Waals surface area contributed by atoms with Crippen LogP contribution in [0.4, 0.5) is 4.79 Å². The molecular weight excluding hydrogens is 230 g/mol. The van der Waals surface area contributed by atoms with Crippen molar-refractivity contribution in [2.75, 3.05) is 19.6 Å². The smallest absolute Gasteiger partial charge is 0.324 e. The number of nitrogens with zero attached hydrogens (tertiary/aromatic N) is 2. The van der Waals surface area contributed by atoms with Gasteiger partial charge in [-0.15, -0.1) is 0 Å². The van der Waals surface area contributed by atoms with Gasteiger partial charge in [-0.1, -0.05) is 6.92 Å². The molecule has 2 heterocycles. The Morgan fingerprint density at radius 2 is 1.72 bits per heavy atom. The van der Waals surface area contributed by atoms with E-state index >= 15 is 0 Å². The highest BCUT2D eigenvalue weighted by Crippen LogP contribution is 2.31. The Balaban J connectivity index is 1.51. The summed E-state index contributed by atoms with van der Waals surface area (Å²) in [6.45, 7) is 4.25. The number of hydrogen-bond acceptors (Lipinski definition) is 3. The highest BCUT2D eigenvalue weighted by atomic mass is 16.2. The second-order valence-electron chi connectivity index (χ2n) is 5.94. The van der Waals surface area contributed by atoms with Crippen molar-refractivity contribution in [2.45, 2.75) is 44.7 Å². The van der Waals surface area contributed by atoms with Crippen LogP contribution in [0.3, 0.4) is 0 Å². The van der Waals surface area contributed by atoms with E-state index in [9.17, 15) is 9.59 Å². The summed E-state index contributed by atoms with van der Waals surface area (Å²) in [4.78, 5) is 26.9. The van der Waals surface area contributed by atoms with Crippen molar-refractivity contribution >= 4 is 11.9 Å². The number of urea groups is 1. The minimum absolute atomic E-state index is 0.0677. The van der Waals surface area contributed by atoms with Crippen LogP contribution in [0.25, 0.3) is 0 Å². The predicted molar refractivity (Wildman–Crippen MR) is 67.0 cm³/mol. The van der Waals surface area contributed by atoms with Gasteiger partial charge in [-0.05, 0) is 31.6 Å². The van der Waals surface area contributed by atoms with Gasteiger partial charge in [-0.2, -0.15) is 0 Å². The molecule has 1 saturated carbocycles. The quantitative estimate of drug-likeness (QED) is 0.739. The normalized spacial score (nSPS) is 34.6. The molecular formula is C13H21N3O2. The lowest BCUT2D eigenvalue weighted by molar-refractivity contribution is -0.129. The van der Waals surface area contributed by atoms with Crippen molar-refractivity contribution in [2.24, 2.45) is 5.92 Å². The lowest BCUT2D eigenvalue weighted by atomic mass is 9.85. The lowest BCUT2D eigenvalue weighted by Gasteiger charge is -2.48. The number of amides is 3. The van der Waals surface area contributed by atoms with Gasteiger partial charge in [0.15, 0.2) is 0 Å². The largest absolute Gasteiger partial charge is 0.329 e. The summed E-state index contributed by atoms with van der Waals surface area (Å²) < 4.78 is 0. The fourth-order valence-corrected chi connectivity index (χ4v) is 3.36. The summed E-state index contributed by atoms with van der Waals surface area (Å²) in [7, 11) is 0. The van der Waals surface area contributed by atoms with Crippen molar-refractivity contribution in [3.05, 3.63) is 0 Å². The second-order valence-corrected chi connectivity index (χ2v) is 5.94. The van der Waals surface area contributed by atoms with Gasteiger partial charge in [0.1, 0.15) is 0 Å². The molecule has 2 aliphatic heterocycles. The van der Waals surface area contributed by atoms with Crippen molar-refractivity contribution in [1.29, 1.82) is 0 Å². The van der Waals surface area contributed by atoms with Gasteiger partial charge in [0, 0.05) is 19.1 Å². The number of likely N-dealkylation sites (tertiary alicyclic amines) is 1. The molecule has 0 atom stereocenters. The molecule has 3 fully saturated rings. The SMILES string of the molecule is CC1CCC(N2CC(N3C(=O)CNC3=O)C2)CC1. The molecule has 5 heteroatoms. The monoisotopic (exact) mass is 251 g/mol. The summed E-state index contributed by atoms with van der Waals surface area (Å²) in [6, 6.07) is 0.583. The fourth-order valence-electron chi connectivity index (χ4n) is 3.36. The average molecular weight is 251 g/mol. The maximum Gasteiger partial charge on any atom is 0.324 e. The number of carbonyl (C=O) groups excluding carboxylic acids is 2. The summed E-state index contributed by atoms with van der Waals surface area (Å²) in [6.07, 6.45) is 5.17. The molecule has 0 aromatic carbocycles. The van der Waals surface area contributed by atoms with Gasteiger partial charge in [0.2, 0.25) is 5.91 Å². The Morgan fingerprint density at radius 1 is 1.06 bits per heavy atom. The number of rotatable bonds is 2. The number of nitrogens with one attached hydrogen (secondary N) is 1. The van der Waals surface area contributed by atoms with Gasteiger partial charge in [-0.3, -0.25) is 14.6 Å². The van der Waals surface area contributed by atoms with E-state index in [0.29, 0.717) is 6.04 Å². The van der Waals surface area contributed by atoms with Gasteiger partial charge in [-0.25, -0.2) is 4.79 Å². The van der Waals surface area contributed by atoms with E-state index in [1.165, 1.54) is 30.6 Å². The topological polar surface area (TPSA) is 52.6 Å². The minimum Gasteiger partial charge on any atom is -0.329 e. The van der Waals surface area contributed by atoms with Crippen LogP contribution in [0.5, 0.6) is 0 Å². The minimum atomic E-state index is -0.207. The molecule has 0 unspecified atom stereocenters. The highest BCUT2D eigenvalue weighted by molar-refractivity contribution is 6.02. The van der Waals surface area contributed by atoms with E-state index in [0.717, 1.165) is 19.0 Å². The molecule has 0 radical (unpaired) electrons. The first-order valence-corrected chi connectivity index (χ1v) is 6.99. The van der Waals surface area contributed by atoms with E-state index in [1.807, 2.05) is 0 Å². The molecule has 1 N–H and O–H groups in total. The molecule has 1 aliphatic carbocycles. The zero-order chi connectivity index (χ0) is 12.7. The summed E-state index contributed by atoms with van der Waals surface area (Å²) >= 11 is 0. The molecule has 18 heavy (non-hydrogen) atoms. The molecule has 0 spiro atoms. The van der Waals surface area contributed by atoms with Gasteiger partial charge in [0.05, 0.1) is 12.6 Å². The van der Waals surface area contributed by atoms with Crippen molar-refractivity contribution < 1.29 is 9.59 Å². The van der Waals surface area contributed by atoms with Crippen LogP contribution in [-0.4, -0.2) is 53.5 Å². The Kier molecular flexibility index (Phi) is 3.01. The van der Waals surface area contributed by atoms with Crippen LogP contribution in [0.15, 0.2) is 0 Å². The van der Waals surface area contributed by atoms with Crippen LogP contribution in [-0.2, 0) is 4.79 Å². The van der Waals surface area contributed by atoms with Crippen LogP contribution in [0, 0.1) is 5.92 Å². The number of imide groups is 1. The third-order valence-electron chi connectivity index (χ3n) is 4.64. The van der Waals surface area contributed by atoms with Gasteiger partial charge < -0.3 is 5.32 Å². The van der Waals surface area contributed by atoms with Gasteiger partial charge in [0.25, 0.3) is 0 Å². The van der Waals surface area contributed by atoms with Crippen LogP contribution < -0.4 is 5.32 Å². The number of carbonyl (C=O) groups is 2. The lowest BCUT2D eigenvalue weighted by Crippen LogP contribution is -2.63. The summed E-state index contributed by atoms with van der Waals surface area (Å²) in [5, 5.41) is 2.59. The van der Waals surface area contributed by atoms with E-state index in [4.69, 9.17) is 0 Å². The summed E-state index contributed by atoms with van der Waals surface area (Å²) in [5.41, 5.74) is 0. The first kappa shape index (κ1) is 12.0.